The Morgan fingerprint density at radius 3 is 2.56 bits per heavy atom. The average molecular weight is 246 g/mol. The molecule has 0 N–H and O–H groups in total. The summed E-state index contributed by atoms with van der Waals surface area (Å²) < 4.78 is 5.82. The van der Waals surface area contributed by atoms with Crippen molar-refractivity contribution < 1.29 is 9.53 Å². The molecule has 1 saturated carbocycles. The largest absolute Gasteiger partial charge is 0.451 e. The molecule has 2 aliphatic carbocycles. The molecular weight excluding hydrogens is 224 g/mol. The molecule has 0 saturated heterocycles. The van der Waals surface area contributed by atoms with Gasteiger partial charge in [-0.15, -0.1) is 0 Å². The Morgan fingerprint density at radius 1 is 1.28 bits per heavy atom. The van der Waals surface area contributed by atoms with E-state index < -0.39 is 0 Å². The van der Waals surface area contributed by atoms with Crippen LogP contribution in [-0.2, 0) is 9.53 Å². The van der Waals surface area contributed by atoms with Gasteiger partial charge in [-0.3, -0.25) is 0 Å². The van der Waals surface area contributed by atoms with E-state index in [0.717, 1.165) is 38.5 Å². The van der Waals surface area contributed by atoms with Gasteiger partial charge in [0, 0.05) is 5.57 Å². The van der Waals surface area contributed by atoms with E-state index in [-0.39, 0.29) is 11.6 Å². The third-order valence-electron chi connectivity index (χ3n) is 3.82. The molecule has 0 spiro atoms. The summed E-state index contributed by atoms with van der Waals surface area (Å²) in [5, 5.41) is 0. The molecule has 2 nitrogen and oxygen atoms in total. The van der Waals surface area contributed by atoms with Crippen molar-refractivity contribution in [2.24, 2.45) is 0 Å². The highest BCUT2D eigenvalue weighted by atomic mass is 16.6. The number of hydrogen-bond donors (Lipinski definition) is 0. The highest BCUT2D eigenvalue weighted by molar-refractivity contribution is 5.87. The van der Waals surface area contributed by atoms with Crippen molar-refractivity contribution in [3.63, 3.8) is 0 Å². The number of allylic oxidation sites excluding steroid dienone is 2. The molecule has 0 heterocycles. The summed E-state index contributed by atoms with van der Waals surface area (Å²) in [6, 6.07) is 0. The van der Waals surface area contributed by atoms with Gasteiger partial charge in [0.2, 0.25) is 0 Å². The molecule has 0 radical (unpaired) electrons. The van der Waals surface area contributed by atoms with Gasteiger partial charge in [-0.05, 0) is 51.0 Å². The van der Waals surface area contributed by atoms with Gasteiger partial charge in [-0.2, -0.15) is 0 Å². The molecule has 0 aliphatic heterocycles. The summed E-state index contributed by atoms with van der Waals surface area (Å²) in [6.07, 6.45) is 14.1. The topological polar surface area (TPSA) is 26.3 Å². The molecule has 0 bridgehead atoms. The lowest BCUT2D eigenvalue weighted by molar-refractivity contribution is -0.153. The van der Waals surface area contributed by atoms with Crippen molar-refractivity contribution in [1.82, 2.24) is 0 Å². The highest BCUT2D eigenvalue weighted by Gasteiger charge is 2.38. The Kier molecular flexibility index (Phi) is 4.05. The maximum atomic E-state index is 11.9. The van der Waals surface area contributed by atoms with Gasteiger partial charge in [-0.25, -0.2) is 4.79 Å². The Bertz CT molecular complexity index is 395. The van der Waals surface area contributed by atoms with Crippen LogP contribution >= 0.6 is 0 Å². The first-order valence-electron chi connectivity index (χ1n) is 6.90. The fourth-order valence-corrected chi connectivity index (χ4v) is 2.79. The van der Waals surface area contributed by atoms with Crippen LogP contribution in [0.15, 0.2) is 36.0 Å². The molecule has 98 valence electrons. The van der Waals surface area contributed by atoms with Crippen LogP contribution in [0.1, 0.15) is 51.9 Å². The van der Waals surface area contributed by atoms with Gasteiger partial charge in [0.25, 0.3) is 0 Å². The third kappa shape index (κ3) is 2.74. The van der Waals surface area contributed by atoms with Crippen LogP contribution in [0, 0.1) is 0 Å². The molecular formula is C16H22O2. The number of hydrogen-bond acceptors (Lipinski definition) is 2. The van der Waals surface area contributed by atoms with E-state index in [1.54, 1.807) is 6.92 Å². The number of carbonyl (C=O) groups excluding carboxylic acids is 1. The number of carbonyl (C=O) groups is 1. The van der Waals surface area contributed by atoms with Gasteiger partial charge in [0.05, 0.1) is 0 Å². The number of rotatable bonds is 3. The van der Waals surface area contributed by atoms with Crippen LogP contribution in [0.2, 0.25) is 0 Å². The molecule has 0 amide bonds. The van der Waals surface area contributed by atoms with Crippen molar-refractivity contribution in [2.45, 2.75) is 57.5 Å². The van der Waals surface area contributed by atoms with Crippen molar-refractivity contribution in [3.8, 4) is 0 Å². The van der Waals surface area contributed by atoms with E-state index >= 15 is 0 Å². The molecule has 0 aromatic heterocycles. The molecule has 0 aromatic carbocycles. The Labute approximate surface area is 109 Å². The van der Waals surface area contributed by atoms with E-state index in [1.807, 2.05) is 0 Å². The zero-order valence-corrected chi connectivity index (χ0v) is 11.2. The normalized spacial score (nSPS) is 22.2. The number of ether oxygens (including phenoxy) is 1. The standard InChI is InChI=1S/C16H22O2/c1-13(2)15(17)18-16(11-7-4-8-12-16)14-9-5-3-6-10-14/h5,9-10H,1,3-4,6-8,11-12H2,2H3. The van der Waals surface area contributed by atoms with Crippen LogP contribution in [0.4, 0.5) is 0 Å². The predicted molar refractivity (Wildman–Crippen MR) is 73.2 cm³/mol. The minimum absolute atomic E-state index is 0.253. The molecule has 0 unspecified atom stereocenters. The Balaban J connectivity index is 2.22. The van der Waals surface area contributed by atoms with E-state index in [0.29, 0.717) is 5.57 Å². The maximum Gasteiger partial charge on any atom is 0.333 e. The fraction of sp³-hybridized carbons (Fsp3) is 0.562. The minimum Gasteiger partial charge on any atom is -0.451 e. The Hall–Kier alpha value is -1.31. The SMILES string of the molecule is C=C(C)C(=O)OC1(C2=CCCC=C2)CCCCC1. The monoisotopic (exact) mass is 246 g/mol. The van der Waals surface area contributed by atoms with Crippen molar-refractivity contribution in [1.29, 1.82) is 0 Å². The van der Waals surface area contributed by atoms with Crippen molar-refractivity contribution in [3.05, 3.63) is 36.0 Å². The Morgan fingerprint density at radius 2 is 2.00 bits per heavy atom. The molecule has 0 aromatic rings. The molecule has 1 fully saturated rings. The lowest BCUT2D eigenvalue weighted by Crippen LogP contribution is -2.39. The lowest BCUT2D eigenvalue weighted by Gasteiger charge is -2.38. The van der Waals surface area contributed by atoms with Crippen LogP contribution in [-0.4, -0.2) is 11.6 Å². The van der Waals surface area contributed by atoms with Crippen molar-refractivity contribution >= 4 is 5.97 Å². The average Bonchev–Trinajstić information content (AvgIpc) is 2.40. The first-order valence-corrected chi connectivity index (χ1v) is 6.90. The van der Waals surface area contributed by atoms with E-state index in [1.165, 1.54) is 12.0 Å². The van der Waals surface area contributed by atoms with Gasteiger partial charge in [0.1, 0.15) is 5.60 Å². The molecule has 2 aliphatic rings. The second kappa shape index (κ2) is 5.55. The van der Waals surface area contributed by atoms with Gasteiger partial charge < -0.3 is 4.74 Å². The first-order chi connectivity index (χ1) is 8.64. The van der Waals surface area contributed by atoms with Gasteiger partial charge >= 0.3 is 5.97 Å². The second-order valence-electron chi connectivity index (χ2n) is 5.36. The lowest BCUT2D eigenvalue weighted by atomic mass is 9.77. The van der Waals surface area contributed by atoms with Gasteiger partial charge in [-0.1, -0.05) is 31.2 Å². The predicted octanol–water partition coefficient (Wildman–Crippen LogP) is 4.09. The highest BCUT2D eigenvalue weighted by Crippen LogP contribution is 2.40. The summed E-state index contributed by atoms with van der Waals surface area (Å²) in [5.74, 6) is -0.253. The van der Waals surface area contributed by atoms with E-state index in [2.05, 4.69) is 24.8 Å². The zero-order valence-electron chi connectivity index (χ0n) is 11.2. The molecule has 2 heteroatoms. The minimum atomic E-state index is -0.384. The summed E-state index contributed by atoms with van der Waals surface area (Å²) in [5.41, 5.74) is 1.30. The second-order valence-corrected chi connectivity index (χ2v) is 5.36. The van der Waals surface area contributed by atoms with Crippen molar-refractivity contribution in [2.75, 3.05) is 0 Å². The summed E-state index contributed by atoms with van der Waals surface area (Å²) in [7, 11) is 0. The van der Waals surface area contributed by atoms with Crippen LogP contribution in [0.5, 0.6) is 0 Å². The molecule has 0 atom stereocenters. The van der Waals surface area contributed by atoms with Crippen LogP contribution in [0.25, 0.3) is 0 Å². The molecule has 18 heavy (non-hydrogen) atoms. The van der Waals surface area contributed by atoms with Crippen LogP contribution in [0.3, 0.4) is 0 Å². The fourth-order valence-electron chi connectivity index (χ4n) is 2.79. The van der Waals surface area contributed by atoms with Gasteiger partial charge in [0.15, 0.2) is 0 Å². The quantitative estimate of drug-likeness (QED) is 0.554. The van der Waals surface area contributed by atoms with E-state index in [9.17, 15) is 4.79 Å². The smallest absolute Gasteiger partial charge is 0.333 e. The molecule has 2 rings (SSSR count). The summed E-state index contributed by atoms with van der Waals surface area (Å²) >= 11 is 0. The van der Waals surface area contributed by atoms with Crippen LogP contribution < -0.4 is 0 Å². The number of esters is 1. The maximum absolute atomic E-state index is 11.9. The summed E-state index contributed by atoms with van der Waals surface area (Å²) in [4.78, 5) is 11.9. The zero-order chi connectivity index (χ0) is 13.0. The summed E-state index contributed by atoms with van der Waals surface area (Å²) in [6.45, 7) is 5.40. The first kappa shape index (κ1) is 13.1. The van der Waals surface area contributed by atoms with E-state index in [4.69, 9.17) is 4.74 Å². The third-order valence-corrected chi connectivity index (χ3v) is 3.82.